The average molecular weight is 483 g/mol. The summed E-state index contributed by atoms with van der Waals surface area (Å²) in [6.45, 7) is 0.128. The standard InChI is InChI=1S/C23H16BrFN2O2S/c24-18-12-15(10-11-20(18)29-14-16-6-4-5-9-19(16)25)13-21-22(28)27-23(30-21)26-17-7-2-1-3-8-17/h1-13H,14H2,(H,26,27,28). The molecule has 0 aliphatic carbocycles. The van der Waals surface area contributed by atoms with E-state index in [1.807, 2.05) is 42.5 Å². The Hall–Kier alpha value is -2.90. The summed E-state index contributed by atoms with van der Waals surface area (Å²) in [6.07, 6.45) is 1.79. The maximum absolute atomic E-state index is 13.7. The number of carbonyl (C=O) groups is 1. The fourth-order valence-corrected chi connectivity index (χ4v) is 4.10. The number of thioether (sulfide) groups is 1. The van der Waals surface area contributed by atoms with Crippen molar-refractivity contribution in [1.29, 1.82) is 0 Å². The molecular formula is C23H16BrFN2O2S. The largest absolute Gasteiger partial charge is 0.488 e. The van der Waals surface area contributed by atoms with Crippen LogP contribution in [0.1, 0.15) is 11.1 Å². The number of para-hydroxylation sites is 1. The van der Waals surface area contributed by atoms with Gasteiger partial charge >= 0.3 is 0 Å². The molecule has 1 aliphatic heterocycles. The molecule has 30 heavy (non-hydrogen) atoms. The van der Waals surface area contributed by atoms with Gasteiger partial charge in [-0.1, -0.05) is 42.5 Å². The van der Waals surface area contributed by atoms with Gasteiger partial charge in [-0.05, 0) is 69.7 Å². The number of halogens is 2. The second-order valence-electron chi connectivity index (χ2n) is 6.39. The summed E-state index contributed by atoms with van der Waals surface area (Å²) in [5.41, 5.74) is 2.10. The Morgan fingerprint density at radius 1 is 1.07 bits per heavy atom. The summed E-state index contributed by atoms with van der Waals surface area (Å²) >= 11 is 4.77. The number of carbonyl (C=O) groups excluding carboxylic acids is 1. The number of hydrogen-bond acceptors (Lipinski definition) is 4. The Labute approximate surface area is 186 Å². The summed E-state index contributed by atoms with van der Waals surface area (Å²) in [5.74, 6) is 0.105. The van der Waals surface area contributed by atoms with Crippen molar-refractivity contribution in [2.24, 2.45) is 4.99 Å². The predicted molar refractivity (Wildman–Crippen MR) is 122 cm³/mol. The average Bonchev–Trinajstić information content (AvgIpc) is 3.08. The zero-order chi connectivity index (χ0) is 20.9. The summed E-state index contributed by atoms with van der Waals surface area (Å²) < 4.78 is 20.2. The Morgan fingerprint density at radius 3 is 2.60 bits per heavy atom. The van der Waals surface area contributed by atoms with Crippen LogP contribution in [0.3, 0.4) is 0 Å². The van der Waals surface area contributed by atoms with Gasteiger partial charge < -0.3 is 10.1 Å². The van der Waals surface area contributed by atoms with Gasteiger partial charge in [0.05, 0.1) is 15.1 Å². The van der Waals surface area contributed by atoms with Gasteiger partial charge in [-0.2, -0.15) is 0 Å². The van der Waals surface area contributed by atoms with E-state index in [1.54, 1.807) is 30.3 Å². The number of benzene rings is 3. The number of nitrogens with zero attached hydrogens (tertiary/aromatic N) is 1. The highest BCUT2D eigenvalue weighted by molar-refractivity contribution is 9.10. The van der Waals surface area contributed by atoms with E-state index in [0.29, 0.717) is 21.4 Å². The zero-order valence-electron chi connectivity index (χ0n) is 15.6. The van der Waals surface area contributed by atoms with Crippen molar-refractivity contribution in [3.05, 3.63) is 99.1 Å². The Bertz CT molecular complexity index is 1150. The monoisotopic (exact) mass is 482 g/mol. The molecule has 150 valence electrons. The third-order valence-electron chi connectivity index (χ3n) is 4.23. The molecule has 1 heterocycles. The summed E-state index contributed by atoms with van der Waals surface area (Å²) in [6, 6.07) is 21.4. The number of nitrogens with one attached hydrogen (secondary N) is 1. The molecule has 0 atom stereocenters. The Kier molecular flexibility index (Phi) is 6.30. The number of amides is 1. The van der Waals surface area contributed by atoms with Gasteiger partial charge in [-0.15, -0.1) is 0 Å². The zero-order valence-corrected chi connectivity index (χ0v) is 18.0. The highest BCUT2D eigenvalue weighted by Gasteiger charge is 2.23. The molecule has 0 spiro atoms. The first-order valence-electron chi connectivity index (χ1n) is 9.09. The van der Waals surface area contributed by atoms with E-state index in [1.165, 1.54) is 17.8 Å². The lowest BCUT2D eigenvalue weighted by Crippen LogP contribution is -2.19. The molecule has 1 fully saturated rings. The van der Waals surface area contributed by atoms with Crippen molar-refractivity contribution in [3.8, 4) is 5.75 Å². The quantitative estimate of drug-likeness (QED) is 0.449. The topological polar surface area (TPSA) is 50.7 Å². The lowest BCUT2D eigenvalue weighted by Gasteiger charge is -2.09. The molecule has 0 radical (unpaired) electrons. The van der Waals surface area contributed by atoms with Crippen LogP contribution in [-0.4, -0.2) is 11.1 Å². The van der Waals surface area contributed by atoms with Gasteiger partial charge in [-0.3, -0.25) is 4.79 Å². The van der Waals surface area contributed by atoms with Crippen LogP contribution in [0, 0.1) is 5.82 Å². The molecule has 7 heteroatoms. The fraction of sp³-hybridized carbons (Fsp3) is 0.0435. The first kappa shape index (κ1) is 20.4. The van der Waals surface area contributed by atoms with Gasteiger partial charge in [0.1, 0.15) is 18.2 Å². The van der Waals surface area contributed by atoms with Crippen LogP contribution in [-0.2, 0) is 11.4 Å². The molecule has 1 aliphatic rings. The minimum atomic E-state index is -0.299. The third-order valence-corrected chi connectivity index (χ3v) is 5.76. The molecule has 1 amide bonds. The van der Waals surface area contributed by atoms with Gasteiger partial charge in [0.15, 0.2) is 5.17 Å². The predicted octanol–water partition coefficient (Wildman–Crippen LogP) is 6.06. The molecule has 0 unspecified atom stereocenters. The first-order valence-corrected chi connectivity index (χ1v) is 10.7. The van der Waals surface area contributed by atoms with E-state index in [9.17, 15) is 9.18 Å². The fourth-order valence-electron chi connectivity index (χ4n) is 2.75. The highest BCUT2D eigenvalue weighted by Crippen LogP contribution is 2.31. The molecule has 0 bridgehead atoms. The van der Waals surface area contributed by atoms with E-state index in [4.69, 9.17) is 4.74 Å². The molecule has 4 rings (SSSR count). The number of aliphatic imine (C=N–C) groups is 1. The maximum Gasteiger partial charge on any atom is 0.264 e. The SMILES string of the molecule is O=C1NC(=Nc2ccccc2)SC1=Cc1ccc(OCc2ccccc2F)c(Br)c1. The van der Waals surface area contributed by atoms with Crippen LogP contribution >= 0.6 is 27.7 Å². The maximum atomic E-state index is 13.7. The number of hydrogen-bond donors (Lipinski definition) is 1. The van der Waals surface area contributed by atoms with Crippen LogP contribution in [0.5, 0.6) is 5.75 Å². The molecule has 4 nitrogen and oxygen atoms in total. The van der Waals surface area contributed by atoms with Gasteiger partial charge in [0, 0.05) is 5.56 Å². The number of ether oxygens (including phenoxy) is 1. The van der Waals surface area contributed by atoms with Gasteiger partial charge in [0.2, 0.25) is 0 Å². The molecule has 0 saturated carbocycles. The van der Waals surface area contributed by atoms with Crippen molar-refractivity contribution < 1.29 is 13.9 Å². The number of rotatable bonds is 5. The second kappa shape index (κ2) is 9.28. The molecule has 1 saturated heterocycles. The molecule has 3 aromatic rings. The highest BCUT2D eigenvalue weighted by atomic mass is 79.9. The van der Waals surface area contributed by atoms with E-state index in [0.717, 1.165) is 15.7 Å². The van der Waals surface area contributed by atoms with Gasteiger partial charge in [0.25, 0.3) is 5.91 Å². The van der Waals surface area contributed by atoms with Crippen molar-refractivity contribution in [3.63, 3.8) is 0 Å². The van der Waals surface area contributed by atoms with Crippen LogP contribution in [0.2, 0.25) is 0 Å². The minimum Gasteiger partial charge on any atom is -0.488 e. The summed E-state index contributed by atoms with van der Waals surface area (Å²) in [5, 5.41) is 3.32. The van der Waals surface area contributed by atoms with Crippen molar-refractivity contribution >= 4 is 50.5 Å². The normalized spacial score (nSPS) is 16.1. The van der Waals surface area contributed by atoms with Crippen LogP contribution in [0.4, 0.5) is 10.1 Å². The summed E-state index contributed by atoms with van der Waals surface area (Å²) in [7, 11) is 0. The smallest absolute Gasteiger partial charge is 0.264 e. The van der Waals surface area contributed by atoms with E-state index in [2.05, 4.69) is 26.2 Å². The number of amidine groups is 1. The molecule has 0 aromatic heterocycles. The first-order chi connectivity index (χ1) is 14.6. The van der Waals surface area contributed by atoms with Crippen molar-refractivity contribution in [2.45, 2.75) is 6.61 Å². The van der Waals surface area contributed by atoms with E-state index >= 15 is 0 Å². The lowest BCUT2D eigenvalue weighted by atomic mass is 10.2. The second-order valence-corrected chi connectivity index (χ2v) is 8.27. The van der Waals surface area contributed by atoms with Crippen LogP contribution in [0.15, 0.2) is 87.2 Å². The van der Waals surface area contributed by atoms with Crippen LogP contribution < -0.4 is 10.1 Å². The third kappa shape index (κ3) is 4.98. The van der Waals surface area contributed by atoms with E-state index in [-0.39, 0.29) is 18.3 Å². The Balaban J connectivity index is 1.46. The Morgan fingerprint density at radius 2 is 1.83 bits per heavy atom. The summed E-state index contributed by atoms with van der Waals surface area (Å²) in [4.78, 5) is 17.3. The van der Waals surface area contributed by atoms with E-state index < -0.39 is 0 Å². The minimum absolute atomic E-state index is 0.128. The molecular weight excluding hydrogens is 467 g/mol. The van der Waals surface area contributed by atoms with Crippen molar-refractivity contribution in [1.82, 2.24) is 5.32 Å². The molecule has 3 aromatic carbocycles. The van der Waals surface area contributed by atoms with Crippen LogP contribution in [0.25, 0.3) is 6.08 Å². The van der Waals surface area contributed by atoms with Crippen molar-refractivity contribution in [2.75, 3.05) is 0 Å². The molecule has 1 N–H and O–H groups in total. The lowest BCUT2D eigenvalue weighted by molar-refractivity contribution is -0.115. The van der Waals surface area contributed by atoms with Gasteiger partial charge in [-0.25, -0.2) is 9.38 Å².